The van der Waals surface area contributed by atoms with Gasteiger partial charge < -0.3 is 15.0 Å². The molecule has 2 amide bonds. The predicted octanol–water partition coefficient (Wildman–Crippen LogP) is 3.26. The van der Waals surface area contributed by atoms with E-state index in [0.29, 0.717) is 37.8 Å². The van der Waals surface area contributed by atoms with Gasteiger partial charge in [0.1, 0.15) is 0 Å². The molecule has 1 heterocycles. The molecule has 148 valence electrons. The van der Waals surface area contributed by atoms with E-state index in [0.717, 1.165) is 17.7 Å². The van der Waals surface area contributed by atoms with Crippen LogP contribution in [-0.4, -0.2) is 43.1 Å². The largest absolute Gasteiger partial charge is 0.453 e. The average Bonchev–Trinajstić information content (AvgIpc) is 3.09. The molecule has 1 saturated heterocycles. The minimum Gasteiger partial charge on any atom is -0.453 e. The quantitative estimate of drug-likeness (QED) is 0.870. The predicted molar refractivity (Wildman–Crippen MR) is 91.9 cm³/mol. The summed E-state index contributed by atoms with van der Waals surface area (Å²) in [6, 6.07) is 5.38. The molecular weight excluding hydrogens is 361 g/mol. The number of rotatable bonds is 3. The third kappa shape index (κ3) is 3.37. The summed E-state index contributed by atoms with van der Waals surface area (Å²) in [7, 11) is 1.31. The van der Waals surface area contributed by atoms with Crippen molar-refractivity contribution in [2.24, 2.45) is 17.8 Å². The van der Waals surface area contributed by atoms with Gasteiger partial charge in [-0.25, -0.2) is 4.79 Å². The average molecular weight is 384 g/mol. The Morgan fingerprint density at radius 2 is 1.74 bits per heavy atom. The molecule has 1 unspecified atom stereocenters. The van der Waals surface area contributed by atoms with E-state index < -0.39 is 17.8 Å². The Labute approximate surface area is 156 Å². The first kappa shape index (κ1) is 18.1. The zero-order valence-corrected chi connectivity index (χ0v) is 14.8. The van der Waals surface area contributed by atoms with Crippen LogP contribution in [0.15, 0.2) is 24.3 Å². The molecule has 3 fully saturated rings. The standard InChI is InChI=1S/C19H21F3N2O3.H2/c1-27-18(26)23-13-6-11(7-13)17(25)24-8-14-15(9-24)16(14)10-2-4-12(5-3-10)19(20,21)22;/h2-5,11,13-16H,6-9H2,1H3,(H,23,26);1H/t11?,13?,14-,15+,16?;. The molecule has 4 rings (SSSR count). The number of hydrogen-bond acceptors (Lipinski definition) is 3. The molecule has 0 spiro atoms. The number of alkyl halides is 3. The molecule has 0 radical (unpaired) electrons. The van der Waals surface area contributed by atoms with Gasteiger partial charge in [0, 0.05) is 26.5 Å². The smallest absolute Gasteiger partial charge is 0.416 e. The molecule has 27 heavy (non-hydrogen) atoms. The monoisotopic (exact) mass is 384 g/mol. The van der Waals surface area contributed by atoms with E-state index in [2.05, 4.69) is 10.1 Å². The first-order valence-electron chi connectivity index (χ1n) is 9.08. The summed E-state index contributed by atoms with van der Waals surface area (Å²) in [5.41, 5.74) is 0.296. The first-order chi connectivity index (χ1) is 12.8. The van der Waals surface area contributed by atoms with Crippen molar-refractivity contribution in [2.75, 3.05) is 20.2 Å². The van der Waals surface area contributed by atoms with Gasteiger partial charge in [0.2, 0.25) is 5.91 Å². The van der Waals surface area contributed by atoms with Gasteiger partial charge in [-0.2, -0.15) is 13.2 Å². The number of benzene rings is 1. The van der Waals surface area contributed by atoms with Crippen LogP contribution in [0.1, 0.15) is 31.3 Å². The van der Waals surface area contributed by atoms with Gasteiger partial charge in [-0.1, -0.05) is 12.1 Å². The zero-order chi connectivity index (χ0) is 19.3. The number of ether oxygens (including phenoxy) is 1. The van der Waals surface area contributed by atoms with Crippen molar-refractivity contribution in [3.63, 3.8) is 0 Å². The van der Waals surface area contributed by atoms with Gasteiger partial charge in [-0.05, 0) is 48.3 Å². The highest BCUT2D eigenvalue weighted by Gasteiger charge is 2.57. The Balaban J connectivity index is 0.00000225. The lowest BCUT2D eigenvalue weighted by molar-refractivity contribution is -0.139. The Kier molecular flexibility index (Phi) is 4.31. The summed E-state index contributed by atoms with van der Waals surface area (Å²) in [4.78, 5) is 25.6. The van der Waals surface area contributed by atoms with Gasteiger partial charge in [0.05, 0.1) is 12.7 Å². The molecule has 1 aromatic carbocycles. The van der Waals surface area contributed by atoms with Crippen LogP contribution in [0.25, 0.3) is 0 Å². The molecule has 1 aliphatic heterocycles. The van der Waals surface area contributed by atoms with Crippen LogP contribution in [0.4, 0.5) is 18.0 Å². The van der Waals surface area contributed by atoms with Gasteiger partial charge in [0.15, 0.2) is 0 Å². The fourth-order valence-electron chi connectivity index (χ4n) is 4.52. The number of likely N-dealkylation sites (tertiary alicyclic amines) is 1. The fourth-order valence-corrected chi connectivity index (χ4v) is 4.52. The maximum absolute atomic E-state index is 12.7. The van der Waals surface area contributed by atoms with E-state index in [1.807, 2.05) is 4.90 Å². The molecule has 3 atom stereocenters. The van der Waals surface area contributed by atoms with Crippen molar-refractivity contribution < 1.29 is 28.9 Å². The number of alkyl carbamates (subject to hydrolysis) is 1. The van der Waals surface area contributed by atoms with E-state index in [4.69, 9.17) is 0 Å². The Morgan fingerprint density at radius 3 is 2.26 bits per heavy atom. The zero-order valence-electron chi connectivity index (χ0n) is 14.8. The van der Waals surface area contributed by atoms with Crippen molar-refractivity contribution in [3.8, 4) is 0 Å². The maximum atomic E-state index is 12.7. The summed E-state index contributed by atoms with van der Waals surface area (Å²) in [6.07, 6.45) is -3.54. The minimum atomic E-state index is -4.31. The SMILES string of the molecule is COC(=O)NC1CC(C(=O)N2C[C@@H]3C(c4ccc(C(F)(F)F)cc4)[C@@H]3C2)C1.[HH]. The van der Waals surface area contributed by atoms with E-state index in [9.17, 15) is 22.8 Å². The van der Waals surface area contributed by atoms with Crippen LogP contribution < -0.4 is 5.32 Å². The third-order valence-corrected chi connectivity index (χ3v) is 6.12. The van der Waals surface area contributed by atoms with Crippen LogP contribution in [0.3, 0.4) is 0 Å². The molecule has 0 bridgehead atoms. The lowest BCUT2D eigenvalue weighted by Gasteiger charge is -2.37. The first-order valence-corrected chi connectivity index (χ1v) is 9.08. The molecule has 5 nitrogen and oxygen atoms in total. The summed E-state index contributed by atoms with van der Waals surface area (Å²) in [5, 5.41) is 2.69. The summed E-state index contributed by atoms with van der Waals surface area (Å²) >= 11 is 0. The Morgan fingerprint density at radius 1 is 1.15 bits per heavy atom. The maximum Gasteiger partial charge on any atom is 0.416 e. The fraction of sp³-hybridized carbons (Fsp3) is 0.579. The number of nitrogens with zero attached hydrogens (tertiary/aromatic N) is 1. The van der Waals surface area contributed by atoms with Crippen molar-refractivity contribution in [1.82, 2.24) is 10.2 Å². The highest BCUT2D eigenvalue weighted by atomic mass is 19.4. The van der Waals surface area contributed by atoms with Gasteiger partial charge >= 0.3 is 12.3 Å². The van der Waals surface area contributed by atoms with E-state index in [1.54, 1.807) is 12.1 Å². The lowest BCUT2D eigenvalue weighted by Crippen LogP contribution is -2.50. The van der Waals surface area contributed by atoms with Gasteiger partial charge in [0.25, 0.3) is 0 Å². The number of halogens is 3. The second-order valence-corrected chi connectivity index (χ2v) is 7.72. The second-order valence-electron chi connectivity index (χ2n) is 7.72. The van der Waals surface area contributed by atoms with Crippen molar-refractivity contribution in [2.45, 2.75) is 31.0 Å². The van der Waals surface area contributed by atoms with E-state index in [1.165, 1.54) is 7.11 Å². The molecular formula is C19H23F3N2O3. The number of hydrogen-bond donors (Lipinski definition) is 1. The number of carbonyl (C=O) groups is 2. The van der Waals surface area contributed by atoms with E-state index in [-0.39, 0.29) is 25.2 Å². The normalized spacial score (nSPS) is 31.7. The van der Waals surface area contributed by atoms with Crippen molar-refractivity contribution in [1.29, 1.82) is 0 Å². The molecule has 8 heteroatoms. The number of carbonyl (C=O) groups excluding carboxylic acids is 2. The minimum absolute atomic E-state index is 0. The van der Waals surface area contributed by atoms with Gasteiger partial charge in [-0.15, -0.1) is 0 Å². The Bertz CT molecular complexity index is 738. The van der Waals surface area contributed by atoms with Crippen molar-refractivity contribution in [3.05, 3.63) is 35.4 Å². The molecule has 2 saturated carbocycles. The number of methoxy groups -OCH3 is 1. The van der Waals surface area contributed by atoms with Crippen LogP contribution >= 0.6 is 0 Å². The van der Waals surface area contributed by atoms with Crippen molar-refractivity contribution >= 4 is 12.0 Å². The Hall–Kier alpha value is -2.25. The number of amides is 2. The molecule has 0 aromatic heterocycles. The number of piperidine rings is 1. The highest BCUT2D eigenvalue weighted by Crippen LogP contribution is 2.58. The summed E-state index contributed by atoms with van der Waals surface area (Å²) in [5.74, 6) is 1.00. The summed E-state index contributed by atoms with van der Waals surface area (Å²) < 4.78 is 42.5. The highest BCUT2D eigenvalue weighted by molar-refractivity contribution is 5.81. The van der Waals surface area contributed by atoms with E-state index >= 15 is 0 Å². The van der Waals surface area contributed by atoms with Crippen LogP contribution in [-0.2, 0) is 15.7 Å². The number of nitrogens with one attached hydrogen (secondary N) is 1. The topological polar surface area (TPSA) is 58.6 Å². The second kappa shape index (κ2) is 6.42. The third-order valence-electron chi connectivity index (χ3n) is 6.12. The lowest BCUT2D eigenvalue weighted by atomic mass is 9.79. The van der Waals surface area contributed by atoms with Gasteiger partial charge in [-0.3, -0.25) is 4.79 Å². The molecule has 2 aliphatic carbocycles. The molecule has 3 aliphatic rings. The number of fused-ring (bicyclic) bond motifs is 1. The molecule has 1 aromatic rings. The van der Waals surface area contributed by atoms with Crippen LogP contribution in [0.2, 0.25) is 0 Å². The van der Waals surface area contributed by atoms with Crippen LogP contribution in [0.5, 0.6) is 0 Å². The summed E-state index contributed by atoms with van der Waals surface area (Å²) in [6.45, 7) is 1.33. The molecule has 1 N–H and O–H groups in total. The van der Waals surface area contributed by atoms with Crippen LogP contribution in [0, 0.1) is 17.8 Å².